The number of carbonyl (C=O) groups excluding carboxylic acids is 1. The minimum absolute atomic E-state index is 0.172. The Labute approximate surface area is 163 Å². The Morgan fingerprint density at radius 3 is 2.63 bits per heavy atom. The van der Waals surface area contributed by atoms with Gasteiger partial charge in [0.05, 0.1) is 23.9 Å². The Morgan fingerprint density at radius 2 is 1.96 bits per heavy atom. The van der Waals surface area contributed by atoms with Crippen molar-refractivity contribution in [3.05, 3.63) is 54.1 Å². The molecule has 1 saturated carbocycles. The predicted molar refractivity (Wildman–Crippen MR) is 108 cm³/mol. The largest absolute Gasteiger partial charge is 0.497 e. The normalized spacial score (nSPS) is 13.7. The fourth-order valence-electron chi connectivity index (χ4n) is 3.20. The number of rotatable bonds is 7. The van der Waals surface area contributed by atoms with Crippen molar-refractivity contribution in [1.82, 2.24) is 14.5 Å². The van der Waals surface area contributed by atoms with Crippen LogP contribution in [0.3, 0.4) is 0 Å². The second-order valence-corrected chi connectivity index (χ2v) is 7.77. The molecule has 0 N–H and O–H groups in total. The molecule has 1 aliphatic rings. The molecule has 0 aliphatic heterocycles. The molecule has 1 aliphatic carbocycles. The minimum Gasteiger partial charge on any atom is -0.497 e. The number of hydrogen-bond donors (Lipinski definition) is 0. The van der Waals surface area contributed by atoms with Gasteiger partial charge in [0.2, 0.25) is 5.91 Å². The lowest BCUT2D eigenvalue weighted by Crippen LogP contribution is -2.34. The fourth-order valence-corrected chi connectivity index (χ4v) is 4.07. The van der Waals surface area contributed by atoms with Gasteiger partial charge in [0.1, 0.15) is 5.75 Å². The van der Waals surface area contributed by atoms with E-state index in [0.29, 0.717) is 18.3 Å². The van der Waals surface area contributed by atoms with Gasteiger partial charge in [-0.3, -0.25) is 4.79 Å². The van der Waals surface area contributed by atoms with Crippen LogP contribution in [-0.4, -0.2) is 39.3 Å². The molecule has 0 bridgehead atoms. The van der Waals surface area contributed by atoms with E-state index in [9.17, 15) is 4.79 Å². The van der Waals surface area contributed by atoms with Crippen molar-refractivity contribution in [3.63, 3.8) is 0 Å². The maximum Gasteiger partial charge on any atom is 0.233 e. The molecule has 1 aromatic heterocycles. The highest BCUT2D eigenvalue weighted by molar-refractivity contribution is 7.99. The van der Waals surface area contributed by atoms with Gasteiger partial charge in [0.25, 0.3) is 0 Å². The first-order valence-corrected chi connectivity index (χ1v) is 10.1. The number of para-hydroxylation sites is 2. The van der Waals surface area contributed by atoms with Crippen molar-refractivity contribution >= 4 is 28.7 Å². The number of hydrogen-bond acceptors (Lipinski definition) is 4. The summed E-state index contributed by atoms with van der Waals surface area (Å²) >= 11 is 1.51. The summed E-state index contributed by atoms with van der Waals surface area (Å²) in [5, 5.41) is 0.879. The van der Waals surface area contributed by atoms with Crippen molar-refractivity contribution < 1.29 is 9.53 Å². The second kappa shape index (κ2) is 7.64. The first kappa shape index (κ1) is 17.9. The molecule has 1 fully saturated rings. The lowest BCUT2D eigenvalue weighted by Gasteiger charge is -2.22. The third kappa shape index (κ3) is 3.95. The first-order valence-electron chi connectivity index (χ1n) is 9.12. The smallest absolute Gasteiger partial charge is 0.233 e. The Morgan fingerprint density at radius 1 is 1.22 bits per heavy atom. The van der Waals surface area contributed by atoms with Gasteiger partial charge in [-0.2, -0.15) is 0 Å². The van der Waals surface area contributed by atoms with E-state index in [-0.39, 0.29) is 5.91 Å². The van der Waals surface area contributed by atoms with Gasteiger partial charge >= 0.3 is 0 Å². The van der Waals surface area contributed by atoms with Gasteiger partial charge in [-0.25, -0.2) is 4.98 Å². The van der Waals surface area contributed by atoms with Crippen LogP contribution in [0.1, 0.15) is 18.4 Å². The predicted octanol–water partition coefficient (Wildman–Crippen LogP) is 3.87. The van der Waals surface area contributed by atoms with Crippen LogP contribution in [-0.2, 0) is 18.4 Å². The van der Waals surface area contributed by atoms with Gasteiger partial charge < -0.3 is 14.2 Å². The van der Waals surface area contributed by atoms with Gasteiger partial charge in [-0.1, -0.05) is 36.0 Å². The highest BCUT2D eigenvalue weighted by Crippen LogP contribution is 2.30. The Hall–Kier alpha value is -2.47. The topological polar surface area (TPSA) is 47.4 Å². The lowest BCUT2D eigenvalue weighted by molar-refractivity contribution is -0.129. The van der Waals surface area contributed by atoms with E-state index < -0.39 is 0 Å². The van der Waals surface area contributed by atoms with E-state index in [1.807, 2.05) is 60.5 Å². The van der Waals surface area contributed by atoms with Crippen LogP contribution in [0.4, 0.5) is 0 Å². The Balaban J connectivity index is 1.43. The molecule has 140 valence electrons. The molecule has 0 radical (unpaired) electrons. The zero-order valence-electron chi connectivity index (χ0n) is 15.6. The molecule has 3 aromatic rings. The van der Waals surface area contributed by atoms with Crippen molar-refractivity contribution in [2.24, 2.45) is 7.05 Å². The number of ether oxygens (including phenoxy) is 1. The number of thioether (sulfide) groups is 1. The Bertz CT molecular complexity index is 948. The van der Waals surface area contributed by atoms with Crippen LogP contribution in [0, 0.1) is 0 Å². The maximum absolute atomic E-state index is 12.9. The zero-order chi connectivity index (χ0) is 18.8. The van der Waals surface area contributed by atoms with Gasteiger partial charge in [0, 0.05) is 19.6 Å². The van der Waals surface area contributed by atoms with E-state index >= 15 is 0 Å². The van der Waals surface area contributed by atoms with E-state index in [1.54, 1.807) is 7.11 Å². The number of imidazole rings is 1. The summed E-state index contributed by atoms with van der Waals surface area (Å²) < 4.78 is 7.27. The van der Waals surface area contributed by atoms with Crippen LogP contribution in [0.5, 0.6) is 5.75 Å². The summed E-state index contributed by atoms with van der Waals surface area (Å²) in [6, 6.07) is 16.4. The van der Waals surface area contributed by atoms with Crippen molar-refractivity contribution in [1.29, 1.82) is 0 Å². The van der Waals surface area contributed by atoms with Crippen LogP contribution in [0.15, 0.2) is 53.7 Å². The van der Waals surface area contributed by atoms with Gasteiger partial charge in [0.15, 0.2) is 5.16 Å². The Kier molecular flexibility index (Phi) is 5.07. The zero-order valence-corrected chi connectivity index (χ0v) is 16.4. The molecule has 5 nitrogen and oxygen atoms in total. The summed E-state index contributed by atoms with van der Waals surface area (Å²) in [6.45, 7) is 0.649. The van der Waals surface area contributed by atoms with Crippen molar-refractivity contribution in [2.45, 2.75) is 30.6 Å². The summed E-state index contributed by atoms with van der Waals surface area (Å²) in [7, 11) is 3.66. The molecule has 1 amide bonds. The maximum atomic E-state index is 12.9. The molecule has 4 rings (SSSR count). The molecule has 2 aromatic carbocycles. The molecule has 0 saturated heterocycles. The molecule has 6 heteroatoms. The summed E-state index contributed by atoms with van der Waals surface area (Å²) in [5.74, 6) is 1.41. The summed E-state index contributed by atoms with van der Waals surface area (Å²) in [5.41, 5.74) is 3.18. The highest BCUT2D eigenvalue weighted by Gasteiger charge is 2.32. The molecular formula is C21H23N3O2S. The number of fused-ring (bicyclic) bond motifs is 1. The standard InChI is InChI=1S/C21H23N3O2S/c1-23-19-6-4-3-5-18(19)22-21(23)27-14-20(25)24(16-9-10-16)13-15-7-11-17(26-2)12-8-15/h3-8,11-12,16H,9-10,13-14H2,1-2H3. The monoisotopic (exact) mass is 381 g/mol. The van der Waals surface area contributed by atoms with E-state index in [2.05, 4.69) is 9.55 Å². The molecule has 1 heterocycles. The number of carbonyl (C=O) groups is 1. The van der Waals surface area contributed by atoms with Crippen LogP contribution in [0.2, 0.25) is 0 Å². The van der Waals surface area contributed by atoms with Crippen molar-refractivity contribution in [3.8, 4) is 5.75 Å². The number of nitrogens with zero attached hydrogens (tertiary/aromatic N) is 3. The molecule has 27 heavy (non-hydrogen) atoms. The lowest BCUT2D eigenvalue weighted by atomic mass is 10.2. The third-order valence-electron chi connectivity index (χ3n) is 4.89. The second-order valence-electron chi connectivity index (χ2n) is 6.83. The molecule has 0 spiro atoms. The fraction of sp³-hybridized carbons (Fsp3) is 0.333. The first-order chi connectivity index (χ1) is 13.2. The summed E-state index contributed by atoms with van der Waals surface area (Å²) in [6.07, 6.45) is 2.19. The molecule has 0 unspecified atom stereocenters. The molecular weight excluding hydrogens is 358 g/mol. The van der Waals surface area contributed by atoms with Crippen LogP contribution in [0.25, 0.3) is 11.0 Å². The average molecular weight is 382 g/mol. The number of aryl methyl sites for hydroxylation is 1. The SMILES string of the molecule is COc1ccc(CN(C(=O)CSc2nc3ccccc3n2C)C2CC2)cc1. The third-order valence-corrected chi connectivity index (χ3v) is 5.91. The number of methoxy groups -OCH3 is 1. The summed E-state index contributed by atoms with van der Waals surface area (Å²) in [4.78, 5) is 19.6. The van der Waals surface area contributed by atoms with Crippen molar-refractivity contribution in [2.75, 3.05) is 12.9 Å². The number of benzene rings is 2. The average Bonchev–Trinajstić information content (AvgIpc) is 3.49. The van der Waals surface area contributed by atoms with E-state index in [0.717, 1.165) is 40.3 Å². The van der Waals surface area contributed by atoms with Crippen LogP contribution < -0.4 is 4.74 Å². The highest BCUT2D eigenvalue weighted by atomic mass is 32.2. The van der Waals surface area contributed by atoms with Gasteiger partial charge in [-0.05, 0) is 42.7 Å². The molecule has 0 atom stereocenters. The van der Waals surface area contributed by atoms with E-state index in [4.69, 9.17) is 4.74 Å². The minimum atomic E-state index is 0.172. The van der Waals surface area contributed by atoms with Gasteiger partial charge in [-0.15, -0.1) is 0 Å². The number of amides is 1. The number of aromatic nitrogens is 2. The quantitative estimate of drug-likeness (QED) is 0.583. The van der Waals surface area contributed by atoms with E-state index in [1.165, 1.54) is 11.8 Å². The van der Waals surface area contributed by atoms with Crippen LogP contribution >= 0.6 is 11.8 Å².